The minimum absolute atomic E-state index is 0.161. The average Bonchev–Trinajstić information content (AvgIpc) is 2.48. The van der Waals surface area contributed by atoms with Crippen LogP contribution in [0.3, 0.4) is 0 Å². The van der Waals surface area contributed by atoms with E-state index in [-0.39, 0.29) is 5.56 Å². The summed E-state index contributed by atoms with van der Waals surface area (Å²) in [4.78, 5) is 12.0. The van der Waals surface area contributed by atoms with E-state index in [1.54, 1.807) is 30.5 Å². The molecule has 0 bridgehead atoms. The average molecular weight is 282 g/mol. The third kappa shape index (κ3) is 4.18. The highest BCUT2D eigenvalue weighted by Crippen LogP contribution is 2.06. The van der Waals surface area contributed by atoms with E-state index in [0.717, 1.165) is 17.8 Å². The van der Waals surface area contributed by atoms with Gasteiger partial charge < -0.3 is 5.32 Å². The second kappa shape index (κ2) is 6.71. The molecule has 0 saturated carbocycles. The molecular weight excluding hydrogens is 264 g/mol. The fourth-order valence-electron chi connectivity index (χ4n) is 1.88. The molecule has 0 radical (unpaired) electrons. The molecule has 1 heterocycles. The largest absolute Gasteiger partial charge is 0.383 e. The fourth-order valence-corrected chi connectivity index (χ4v) is 1.88. The smallest absolute Gasteiger partial charge is 0.269 e. The van der Waals surface area contributed by atoms with Gasteiger partial charge in [-0.25, -0.2) is 4.68 Å². The van der Waals surface area contributed by atoms with Crippen molar-refractivity contribution < 1.29 is 0 Å². The van der Waals surface area contributed by atoms with Crippen molar-refractivity contribution in [2.24, 2.45) is 5.92 Å². The first-order valence-corrected chi connectivity index (χ1v) is 6.88. The Bertz CT molecular complexity index is 713. The molecule has 2 rings (SSSR count). The number of hydrogen-bond donors (Lipinski definition) is 1. The molecule has 5 nitrogen and oxygen atoms in total. The van der Waals surface area contributed by atoms with Crippen LogP contribution in [0.5, 0.6) is 0 Å². The summed E-state index contributed by atoms with van der Waals surface area (Å²) in [5.74, 6) is 0.501. The van der Waals surface area contributed by atoms with Crippen LogP contribution in [0.2, 0.25) is 0 Å². The van der Waals surface area contributed by atoms with Crippen LogP contribution in [0.4, 0.5) is 5.69 Å². The van der Waals surface area contributed by atoms with Gasteiger partial charge in [-0.2, -0.15) is 10.4 Å². The molecular formula is C16H18N4O. The van der Waals surface area contributed by atoms with E-state index in [1.165, 1.54) is 4.68 Å². The first-order valence-electron chi connectivity index (χ1n) is 6.88. The molecule has 0 atom stereocenters. The minimum Gasteiger partial charge on any atom is -0.383 e. The minimum atomic E-state index is -0.161. The van der Waals surface area contributed by atoms with Gasteiger partial charge in [0.2, 0.25) is 0 Å². The van der Waals surface area contributed by atoms with E-state index in [0.29, 0.717) is 18.0 Å². The molecule has 0 spiro atoms. The lowest BCUT2D eigenvalue weighted by atomic mass is 10.1. The van der Waals surface area contributed by atoms with Crippen molar-refractivity contribution in [2.45, 2.75) is 20.4 Å². The maximum atomic E-state index is 12.0. The maximum Gasteiger partial charge on any atom is 0.269 e. The summed E-state index contributed by atoms with van der Waals surface area (Å²) in [5.41, 5.74) is 2.03. The highest BCUT2D eigenvalue weighted by Gasteiger charge is 2.03. The van der Waals surface area contributed by atoms with Crippen molar-refractivity contribution >= 4 is 5.69 Å². The summed E-state index contributed by atoms with van der Waals surface area (Å²) in [6.45, 7) is 5.36. The third-order valence-electron chi connectivity index (χ3n) is 2.97. The molecule has 0 aliphatic carbocycles. The molecule has 0 unspecified atom stereocenters. The number of nitrogens with zero attached hydrogens (tertiary/aromatic N) is 3. The molecule has 1 N–H and O–H groups in total. The van der Waals surface area contributed by atoms with Gasteiger partial charge in [0.1, 0.15) is 0 Å². The lowest BCUT2D eigenvalue weighted by molar-refractivity contribution is 0.637. The van der Waals surface area contributed by atoms with Gasteiger partial charge in [-0.3, -0.25) is 4.79 Å². The molecule has 108 valence electrons. The van der Waals surface area contributed by atoms with Gasteiger partial charge in [0.05, 0.1) is 30.1 Å². The second-order valence-corrected chi connectivity index (χ2v) is 5.33. The van der Waals surface area contributed by atoms with E-state index in [2.05, 4.69) is 30.3 Å². The van der Waals surface area contributed by atoms with Crippen LogP contribution in [0.1, 0.15) is 25.0 Å². The maximum absolute atomic E-state index is 12.0. The molecule has 1 aromatic heterocycles. The van der Waals surface area contributed by atoms with Crippen LogP contribution in [0.25, 0.3) is 0 Å². The van der Waals surface area contributed by atoms with Crippen molar-refractivity contribution in [1.82, 2.24) is 9.78 Å². The molecule has 0 aliphatic rings. The van der Waals surface area contributed by atoms with Crippen molar-refractivity contribution in [3.8, 4) is 6.07 Å². The zero-order chi connectivity index (χ0) is 15.2. The van der Waals surface area contributed by atoms with Gasteiger partial charge in [-0.05, 0) is 23.6 Å². The Hall–Kier alpha value is -2.61. The highest BCUT2D eigenvalue weighted by molar-refractivity contribution is 5.39. The molecule has 0 fully saturated rings. The van der Waals surface area contributed by atoms with Crippen LogP contribution in [-0.4, -0.2) is 16.3 Å². The normalized spacial score (nSPS) is 10.4. The monoisotopic (exact) mass is 282 g/mol. The van der Waals surface area contributed by atoms with Crippen LogP contribution in [-0.2, 0) is 6.54 Å². The van der Waals surface area contributed by atoms with Gasteiger partial charge in [0.15, 0.2) is 0 Å². The number of hydrogen-bond acceptors (Lipinski definition) is 4. The zero-order valence-electron chi connectivity index (χ0n) is 12.2. The van der Waals surface area contributed by atoms with E-state index in [4.69, 9.17) is 5.26 Å². The third-order valence-corrected chi connectivity index (χ3v) is 2.97. The van der Waals surface area contributed by atoms with Gasteiger partial charge in [-0.1, -0.05) is 26.0 Å². The predicted molar refractivity (Wildman–Crippen MR) is 82.1 cm³/mol. The standard InChI is InChI=1S/C16H18N4O/c1-12(2)9-18-15-7-16(21)20(19-10-15)11-14-5-3-4-13(6-14)8-17/h3-7,10,12,18H,9,11H2,1-2H3. The first kappa shape index (κ1) is 14.8. The van der Waals surface area contributed by atoms with Crippen LogP contribution < -0.4 is 10.9 Å². The summed E-state index contributed by atoms with van der Waals surface area (Å²) in [6.07, 6.45) is 1.65. The van der Waals surface area contributed by atoms with Crippen LogP contribution >= 0.6 is 0 Å². The Labute approximate surface area is 123 Å². The Morgan fingerprint density at radius 3 is 2.86 bits per heavy atom. The number of aromatic nitrogens is 2. The number of benzene rings is 1. The number of rotatable bonds is 5. The predicted octanol–water partition coefficient (Wildman–Crippen LogP) is 2.23. The van der Waals surface area contributed by atoms with Gasteiger partial charge in [0.25, 0.3) is 5.56 Å². The van der Waals surface area contributed by atoms with Crippen molar-refractivity contribution in [3.05, 3.63) is 58.0 Å². The van der Waals surface area contributed by atoms with Crippen molar-refractivity contribution in [3.63, 3.8) is 0 Å². The highest BCUT2D eigenvalue weighted by atomic mass is 16.1. The SMILES string of the molecule is CC(C)CNc1cnn(Cc2cccc(C#N)c2)c(=O)c1. The molecule has 21 heavy (non-hydrogen) atoms. The topological polar surface area (TPSA) is 70.7 Å². The van der Waals surface area contributed by atoms with E-state index in [9.17, 15) is 4.79 Å². The molecule has 2 aromatic rings. The number of nitriles is 1. The Balaban J connectivity index is 2.14. The summed E-state index contributed by atoms with van der Waals surface area (Å²) in [6, 6.07) is 10.8. The Morgan fingerprint density at radius 2 is 2.19 bits per heavy atom. The second-order valence-electron chi connectivity index (χ2n) is 5.33. The first-order chi connectivity index (χ1) is 10.1. The van der Waals surface area contributed by atoms with Crippen LogP contribution in [0, 0.1) is 17.2 Å². The van der Waals surface area contributed by atoms with Crippen molar-refractivity contribution in [2.75, 3.05) is 11.9 Å². The molecule has 0 amide bonds. The van der Waals surface area contributed by atoms with E-state index >= 15 is 0 Å². The number of nitrogens with one attached hydrogen (secondary N) is 1. The van der Waals surface area contributed by atoms with E-state index < -0.39 is 0 Å². The molecule has 0 saturated heterocycles. The summed E-state index contributed by atoms with van der Waals surface area (Å²) >= 11 is 0. The lowest BCUT2D eigenvalue weighted by Gasteiger charge is -2.10. The fraction of sp³-hybridized carbons (Fsp3) is 0.312. The molecule has 5 heteroatoms. The van der Waals surface area contributed by atoms with Gasteiger partial charge >= 0.3 is 0 Å². The summed E-state index contributed by atoms with van der Waals surface area (Å²) < 4.78 is 1.39. The van der Waals surface area contributed by atoms with Gasteiger partial charge in [0, 0.05) is 12.6 Å². The summed E-state index contributed by atoms with van der Waals surface area (Å²) in [5, 5.41) is 16.2. The Morgan fingerprint density at radius 1 is 1.38 bits per heavy atom. The Kier molecular flexibility index (Phi) is 4.72. The van der Waals surface area contributed by atoms with Crippen LogP contribution in [0.15, 0.2) is 41.3 Å². The molecule has 0 aliphatic heterocycles. The summed E-state index contributed by atoms with van der Waals surface area (Å²) in [7, 11) is 0. The lowest BCUT2D eigenvalue weighted by Crippen LogP contribution is -2.23. The quantitative estimate of drug-likeness (QED) is 0.913. The van der Waals surface area contributed by atoms with E-state index in [1.807, 2.05) is 6.07 Å². The zero-order valence-corrected chi connectivity index (χ0v) is 12.2. The van der Waals surface area contributed by atoms with Crippen molar-refractivity contribution in [1.29, 1.82) is 5.26 Å². The van der Waals surface area contributed by atoms with Gasteiger partial charge in [-0.15, -0.1) is 0 Å². The molecule has 1 aromatic carbocycles. The number of anilines is 1.